The summed E-state index contributed by atoms with van der Waals surface area (Å²) in [7, 11) is -1.96. The van der Waals surface area contributed by atoms with Gasteiger partial charge in [0.2, 0.25) is 10.0 Å². The van der Waals surface area contributed by atoms with Crippen LogP contribution in [-0.2, 0) is 23.0 Å². The molecule has 114 valence electrons. The van der Waals surface area contributed by atoms with Crippen molar-refractivity contribution in [2.24, 2.45) is 0 Å². The average molecular weight is 389 g/mol. The molecule has 1 heterocycles. The highest BCUT2D eigenvalue weighted by molar-refractivity contribution is 9.11. The Balaban J connectivity index is 2.26. The van der Waals surface area contributed by atoms with E-state index in [1.807, 2.05) is 18.4 Å². The summed E-state index contributed by atoms with van der Waals surface area (Å²) < 4.78 is 27.4. The fourth-order valence-electron chi connectivity index (χ4n) is 2.01. The molecule has 2 rings (SSSR count). The highest BCUT2D eigenvalue weighted by Crippen LogP contribution is 2.25. The molecule has 4 nitrogen and oxygen atoms in total. The van der Waals surface area contributed by atoms with Crippen molar-refractivity contribution in [3.63, 3.8) is 0 Å². The van der Waals surface area contributed by atoms with Crippen LogP contribution in [0.25, 0.3) is 0 Å². The Hall–Kier alpha value is -0.890. The van der Waals surface area contributed by atoms with Gasteiger partial charge in [-0.2, -0.15) is 4.31 Å². The number of nitrogen functional groups attached to an aromatic ring is 1. The number of aryl methyl sites for hydroxylation is 1. The minimum absolute atomic E-state index is 0.231. The number of thiophene rings is 1. The van der Waals surface area contributed by atoms with E-state index in [0.29, 0.717) is 12.2 Å². The van der Waals surface area contributed by atoms with E-state index in [1.165, 1.54) is 21.7 Å². The maximum Gasteiger partial charge on any atom is 0.243 e. The SMILES string of the molecule is CCc1ccc(S(=O)(=O)N(C)Cc2csc(Br)c2)cc1N. The predicted molar refractivity (Wildman–Crippen MR) is 90.9 cm³/mol. The Morgan fingerprint density at radius 2 is 2.05 bits per heavy atom. The molecule has 2 aromatic rings. The summed E-state index contributed by atoms with van der Waals surface area (Å²) in [5, 5.41) is 1.94. The zero-order valence-electron chi connectivity index (χ0n) is 11.8. The second kappa shape index (κ2) is 6.48. The number of nitrogens with zero attached hydrogens (tertiary/aromatic N) is 1. The summed E-state index contributed by atoms with van der Waals surface area (Å²) in [4.78, 5) is 0.231. The summed E-state index contributed by atoms with van der Waals surface area (Å²) in [6, 6.07) is 6.85. The molecule has 0 unspecified atom stereocenters. The number of rotatable bonds is 5. The molecule has 2 N–H and O–H groups in total. The molecular weight excluding hydrogens is 372 g/mol. The minimum Gasteiger partial charge on any atom is -0.398 e. The van der Waals surface area contributed by atoms with Crippen LogP contribution >= 0.6 is 27.3 Å². The van der Waals surface area contributed by atoms with Crippen LogP contribution in [0.3, 0.4) is 0 Å². The highest BCUT2D eigenvalue weighted by Gasteiger charge is 2.22. The van der Waals surface area contributed by atoms with Gasteiger partial charge in [0, 0.05) is 19.3 Å². The van der Waals surface area contributed by atoms with Gasteiger partial charge in [0.15, 0.2) is 0 Å². The van der Waals surface area contributed by atoms with Gasteiger partial charge in [0.1, 0.15) is 0 Å². The first-order valence-electron chi connectivity index (χ1n) is 6.42. The third-order valence-corrected chi connectivity index (χ3v) is 6.59. The predicted octanol–water partition coefficient (Wildman–Crippen LogP) is 3.48. The van der Waals surface area contributed by atoms with Gasteiger partial charge in [0.05, 0.1) is 8.68 Å². The van der Waals surface area contributed by atoms with Gasteiger partial charge in [-0.3, -0.25) is 0 Å². The Kier molecular flexibility index (Phi) is 5.08. The molecule has 0 saturated heterocycles. The Morgan fingerprint density at radius 1 is 1.33 bits per heavy atom. The van der Waals surface area contributed by atoms with Gasteiger partial charge in [-0.05, 0) is 57.1 Å². The third-order valence-electron chi connectivity index (χ3n) is 3.23. The standard InChI is InChI=1S/C14H17BrN2O2S2/c1-3-11-4-5-12(7-13(11)16)21(18,19)17(2)8-10-6-14(15)20-9-10/h4-7,9H,3,8,16H2,1-2H3. The van der Waals surface area contributed by atoms with E-state index in [9.17, 15) is 8.42 Å². The molecule has 0 amide bonds. The molecule has 0 saturated carbocycles. The largest absolute Gasteiger partial charge is 0.398 e. The summed E-state index contributed by atoms with van der Waals surface area (Å²) in [5.74, 6) is 0. The summed E-state index contributed by atoms with van der Waals surface area (Å²) in [5.41, 5.74) is 8.33. The van der Waals surface area contributed by atoms with E-state index < -0.39 is 10.0 Å². The summed E-state index contributed by atoms with van der Waals surface area (Å²) >= 11 is 4.91. The van der Waals surface area contributed by atoms with Gasteiger partial charge in [-0.25, -0.2) is 8.42 Å². The van der Waals surface area contributed by atoms with E-state index in [4.69, 9.17) is 5.73 Å². The van der Waals surface area contributed by atoms with E-state index in [2.05, 4.69) is 15.9 Å². The molecule has 21 heavy (non-hydrogen) atoms. The first-order valence-corrected chi connectivity index (χ1v) is 9.53. The number of nitrogens with two attached hydrogens (primary N) is 1. The average Bonchev–Trinajstić information content (AvgIpc) is 2.83. The first kappa shape index (κ1) is 16.5. The Labute approximate surface area is 137 Å². The summed E-state index contributed by atoms with van der Waals surface area (Å²) in [6.45, 7) is 2.32. The zero-order valence-corrected chi connectivity index (χ0v) is 15.1. The van der Waals surface area contributed by atoms with E-state index in [-0.39, 0.29) is 4.90 Å². The molecule has 0 aliphatic heterocycles. The van der Waals surface area contributed by atoms with Crippen molar-refractivity contribution in [1.82, 2.24) is 4.31 Å². The van der Waals surface area contributed by atoms with Gasteiger partial charge < -0.3 is 5.73 Å². The van der Waals surface area contributed by atoms with Crippen molar-refractivity contribution in [3.8, 4) is 0 Å². The van der Waals surface area contributed by atoms with Crippen molar-refractivity contribution >= 4 is 43.0 Å². The number of hydrogen-bond acceptors (Lipinski definition) is 4. The smallest absolute Gasteiger partial charge is 0.243 e. The number of hydrogen-bond donors (Lipinski definition) is 1. The normalized spacial score (nSPS) is 12.0. The van der Waals surface area contributed by atoms with E-state index >= 15 is 0 Å². The van der Waals surface area contributed by atoms with Crippen molar-refractivity contribution in [2.45, 2.75) is 24.8 Å². The van der Waals surface area contributed by atoms with Crippen LogP contribution in [-0.4, -0.2) is 19.8 Å². The third kappa shape index (κ3) is 3.66. The van der Waals surface area contributed by atoms with Gasteiger partial charge >= 0.3 is 0 Å². The van der Waals surface area contributed by atoms with Crippen molar-refractivity contribution in [2.75, 3.05) is 12.8 Å². The number of halogens is 1. The molecule has 0 aliphatic rings. The van der Waals surface area contributed by atoms with Crippen LogP contribution < -0.4 is 5.73 Å². The second-order valence-electron chi connectivity index (χ2n) is 4.73. The molecule has 1 aromatic carbocycles. The molecule has 0 fully saturated rings. The fourth-order valence-corrected chi connectivity index (χ4v) is 4.40. The fraction of sp³-hybridized carbons (Fsp3) is 0.286. The van der Waals surface area contributed by atoms with Crippen LogP contribution in [0.15, 0.2) is 38.3 Å². The van der Waals surface area contributed by atoms with Crippen LogP contribution in [0.2, 0.25) is 0 Å². The molecule has 1 aromatic heterocycles. The Morgan fingerprint density at radius 3 is 2.57 bits per heavy atom. The quantitative estimate of drug-likeness (QED) is 0.797. The Bertz CT molecular complexity index is 741. The van der Waals surface area contributed by atoms with Crippen molar-refractivity contribution in [3.05, 3.63) is 44.6 Å². The van der Waals surface area contributed by atoms with Crippen LogP contribution in [0, 0.1) is 0 Å². The monoisotopic (exact) mass is 388 g/mol. The maximum absolute atomic E-state index is 12.6. The zero-order chi connectivity index (χ0) is 15.6. The van der Waals surface area contributed by atoms with E-state index in [0.717, 1.165) is 21.3 Å². The van der Waals surface area contributed by atoms with Gasteiger partial charge in [0.25, 0.3) is 0 Å². The van der Waals surface area contributed by atoms with Crippen LogP contribution in [0.5, 0.6) is 0 Å². The van der Waals surface area contributed by atoms with Crippen LogP contribution in [0.4, 0.5) is 5.69 Å². The second-order valence-corrected chi connectivity index (χ2v) is 9.07. The summed E-state index contributed by atoms with van der Waals surface area (Å²) in [6.07, 6.45) is 0.783. The van der Waals surface area contributed by atoms with Gasteiger partial charge in [-0.1, -0.05) is 13.0 Å². The molecule has 7 heteroatoms. The lowest BCUT2D eigenvalue weighted by Crippen LogP contribution is -2.26. The number of sulfonamides is 1. The lowest BCUT2D eigenvalue weighted by atomic mass is 10.1. The molecule has 0 bridgehead atoms. The minimum atomic E-state index is -3.53. The molecule has 0 radical (unpaired) electrons. The first-order chi connectivity index (χ1) is 9.84. The number of anilines is 1. The van der Waals surface area contributed by atoms with Crippen molar-refractivity contribution in [1.29, 1.82) is 0 Å². The maximum atomic E-state index is 12.6. The van der Waals surface area contributed by atoms with Crippen LogP contribution in [0.1, 0.15) is 18.1 Å². The lowest BCUT2D eigenvalue weighted by molar-refractivity contribution is 0.467. The molecular formula is C14H17BrN2O2S2. The lowest BCUT2D eigenvalue weighted by Gasteiger charge is -2.17. The topological polar surface area (TPSA) is 63.4 Å². The molecule has 0 aliphatic carbocycles. The molecule has 0 spiro atoms. The highest BCUT2D eigenvalue weighted by atomic mass is 79.9. The van der Waals surface area contributed by atoms with Crippen molar-refractivity contribution < 1.29 is 8.42 Å². The number of benzene rings is 1. The van der Waals surface area contributed by atoms with Gasteiger partial charge in [-0.15, -0.1) is 11.3 Å². The van der Waals surface area contributed by atoms with E-state index in [1.54, 1.807) is 19.2 Å². The molecule has 0 atom stereocenters.